The van der Waals surface area contributed by atoms with Crippen molar-refractivity contribution in [2.45, 2.75) is 133 Å². The predicted molar refractivity (Wildman–Crippen MR) is 186 cm³/mol. The number of aliphatic hydroxyl groups excluding tert-OH is 4. The van der Waals surface area contributed by atoms with Crippen molar-refractivity contribution in [2.24, 2.45) is 40.4 Å². The number of benzene rings is 1. The average Bonchev–Trinajstić information content (AvgIpc) is 3.40. The fourth-order valence-corrected chi connectivity index (χ4v) is 12.7. The summed E-state index contributed by atoms with van der Waals surface area (Å²) in [5.74, 6) is -3.13. The highest BCUT2D eigenvalue weighted by Crippen LogP contribution is 2.73. The van der Waals surface area contributed by atoms with E-state index in [0.29, 0.717) is 43.2 Å². The van der Waals surface area contributed by atoms with Gasteiger partial charge in [-0.25, -0.2) is 0 Å². The van der Waals surface area contributed by atoms with E-state index in [4.69, 9.17) is 9.47 Å². The number of ketones is 1. The standard InChI is InChI=1S/C40H58O11/c1-21-7-5-9-40(35(47)22(21)2)38(48,11-13-42)34-30(51-40)20-39(49)27-18-28(45)32-31(23-15-24(43)17-25(44)16-23)33(46)29(50-14-6-12-41)19-36(32,3)26(27)8-10-37(34,39)4/h15-18,21-22,26,29-35,41-44,46-49H,5-14,19-20H2,1-4H3/t21-,22-,26+,29-,30-,31-,32-,33-,34+,35-,36+,37+,38+,39-,40-/m0/s1. The van der Waals surface area contributed by atoms with Gasteiger partial charge in [0.15, 0.2) is 5.78 Å². The summed E-state index contributed by atoms with van der Waals surface area (Å²) in [4.78, 5) is 14.6. The molecule has 11 nitrogen and oxygen atoms in total. The molecule has 0 amide bonds. The Balaban J connectivity index is 1.31. The van der Waals surface area contributed by atoms with Crippen LogP contribution in [-0.4, -0.2) is 108 Å². The molecule has 0 radical (unpaired) electrons. The van der Waals surface area contributed by atoms with Crippen LogP contribution in [0.25, 0.3) is 0 Å². The molecule has 1 heterocycles. The van der Waals surface area contributed by atoms with E-state index in [1.807, 2.05) is 20.8 Å². The summed E-state index contributed by atoms with van der Waals surface area (Å²) in [6.45, 7) is 7.87. The first kappa shape index (κ1) is 37.2. The Bertz CT molecular complexity index is 1530. The van der Waals surface area contributed by atoms with Gasteiger partial charge in [-0.05, 0) is 84.6 Å². The third-order valence-electron chi connectivity index (χ3n) is 15.3. The fourth-order valence-electron chi connectivity index (χ4n) is 12.7. The highest BCUT2D eigenvalue weighted by Gasteiger charge is 2.80. The maximum atomic E-state index is 14.6. The van der Waals surface area contributed by atoms with Gasteiger partial charge in [-0.15, -0.1) is 0 Å². The minimum atomic E-state index is -1.63. The quantitative estimate of drug-likeness (QED) is 0.193. The minimum absolute atomic E-state index is 0.0115. The van der Waals surface area contributed by atoms with Crippen molar-refractivity contribution in [3.05, 3.63) is 35.4 Å². The lowest BCUT2D eigenvalue weighted by Gasteiger charge is -2.62. The van der Waals surface area contributed by atoms with Crippen LogP contribution in [0.4, 0.5) is 0 Å². The van der Waals surface area contributed by atoms with Crippen molar-refractivity contribution in [2.75, 3.05) is 19.8 Å². The molecular formula is C40H58O11. The monoisotopic (exact) mass is 714 g/mol. The lowest BCUT2D eigenvalue weighted by Crippen LogP contribution is -2.68. The number of aromatic hydroxyl groups is 2. The SMILES string of the molecule is C[C@H]1[C@@H](C)CCC[C@]2(O[C@H]3C[C@]4(O)C5=CC(=O)[C@H]6[C@H](c7cc(O)cc(O)c7)[C@@H](O)[C@@H](OCCCO)C[C@]6(C)[C@@H]5CC[C@]4(C)[C@@H]3[C@]2(O)CCO)[C@H]1O. The molecule has 6 aliphatic rings. The first-order chi connectivity index (χ1) is 24.0. The topological polar surface area (TPSA) is 197 Å². The Morgan fingerprint density at radius 2 is 1.67 bits per heavy atom. The van der Waals surface area contributed by atoms with Gasteiger partial charge in [-0.2, -0.15) is 0 Å². The predicted octanol–water partition coefficient (Wildman–Crippen LogP) is 3.08. The van der Waals surface area contributed by atoms with Gasteiger partial charge in [0.1, 0.15) is 22.7 Å². The van der Waals surface area contributed by atoms with Crippen LogP contribution in [0, 0.1) is 40.4 Å². The van der Waals surface area contributed by atoms with Gasteiger partial charge in [0.2, 0.25) is 0 Å². The molecule has 0 bridgehead atoms. The molecule has 1 saturated heterocycles. The number of hydrogen-bond acceptors (Lipinski definition) is 11. The van der Waals surface area contributed by atoms with E-state index in [1.54, 1.807) is 6.08 Å². The Kier molecular flexibility index (Phi) is 9.31. The average molecular weight is 715 g/mol. The summed E-state index contributed by atoms with van der Waals surface area (Å²) in [6, 6.07) is 4.11. The summed E-state index contributed by atoms with van der Waals surface area (Å²) >= 11 is 0. The van der Waals surface area contributed by atoms with Gasteiger partial charge in [-0.1, -0.05) is 40.5 Å². The summed E-state index contributed by atoms with van der Waals surface area (Å²) < 4.78 is 13.1. The molecule has 7 rings (SSSR count). The number of phenolic OH excluding ortho intramolecular Hbond substituents is 2. The van der Waals surface area contributed by atoms with Crippen LogP contribution >= 0.6 is 0 Å². The second kappa shape index (κ2) is 12.8. The molecule has 1 aromatic carbocycles. The summed E-state index contributed by atoms with van der Waals surface area (Å²) in [6.07, 6.45) is 1.96. The largest absolute Gasteiger partial charge is 0.508 e. The Morgan fingerprint density at radius 1 is 0.961 bits per heavy atom. The molecule has 8 N–H and O–H groups in total. The number of fused-ring (bicyclic) bond motifs is 7. The maximum Gasteiger partial charge on any atom is 0.160 e. The summed E-state index contributed by atoms with van der Waals surface area (Å²) in [5, 5.41) is 90.6. The van der Waals surface area contributed by atoms with Crippen molar-refractivity contribution in [1.29, 1.82) is 0 Å². The molecular weight excluding hydrogens is 656 g/mol. The normalized spacial score (nSPS) is 49.1. The van der Waals surface area contributed by atoms with E-state index < -0.39 is 69.8 Å². The molecule has 11 heteroatoms. The zero-order chi connectivity index (χ0) is 36.9. The second-order valence-corrected chi connectivity index (χ2v) is 17.6. The number of phenols is 2. The molecule has 284 valence electrons. The molecule has 4 saturated carbocycles. The Labute approximate surface area is 300 Å². The van der Waals surface area contributed by atoms with Crippen LogP contribution in [0.2, 0.25) is 0 Å². The summed E-state index contributed by atoms with van der Waals surface area (Å²) in [5.41, 5.74) is -5.27. The lowest BCUT2D eigenvalue weighted by molar-refractivity contribution is -0.233. The number of carbonyl (C=O) groups excluding carboxylic acids is 1. The van der Waals surface area contributed by atoms with Gasteiger partial charge in [-0.3, -0.25) is 4.79 Å². The first-order valence-corrected chi connectivity index (χ1v) is 19.1. The van der Waals surface area contributed by atoms with E-state index in [-0.39, 0.29) is 67.7 Å². The molecule has 5 fully saturated rings. The van der Waals surface area contributed by atoms with Crippen molar-refractivity contribution in [3.8, 4) is 11.5 Å². The van der Waals surface area contributed by atoms with Crippen LogP contribution in [0.1, 0.15) is 97.0 Å². The number of rotatable bonds is 7. The smallest absolute Gasteiger partial charge is 0.160 e. The lowest BCUT2D eigenvalue weighted by atomic mass is 9.43. The van der Waals surface area contributed by atoms with Gasteiger partial charge >= 0.3 is 0 Å². The Morgan fingerprint density at radius 3 is 2.33 bits per heavy atom. The molecule has 1 spiro atoms. The van der Waals surface area contributed by atoms with Gasteiger partial charge in [0.25, 0.3) is 0 Å². The van der Waals surface area contributed by atoms with Crippen LogP contribution < -0.4 is 0 Å². The van der Waals surface area contributed by atoms with Gasteiger partial charge in [0, 0.05) is 61.9 Å². The summed E-state index contributed by atoms with van der Waals surface area (Å²) in [7, 11) is 0. The van der Waals surface area contributed by atoms with E-state index in [0.717, 1.165) is 12.8 Å². The van der Waals surface area contributed by atoms with Crippen LogP contribution in [0.3, 0.4) is 0 Å². The number of ether oxygens (including phenoxy) is 2. The minimum Gasteiger partial charge on any atom is -0.508 e. The second-order valence-electron chi connectivity index (χ2n) is 17.6. The molecule has 0 aromatic heterocycles. The molecule has 1 aromatic rings. The van der Waals surface area contributed by atoms with Crippen LogP contribution in [-0.2, 0) is 14.3 Å². The van der Waals surface area contributed by atoms with Crippen molar-refractivity contribution in [1.82, 2.24) is 0 Å². The van der Waals surface area contributed by atoms with Crippen molar-refractivity contribution < 1.29 is 55.1 Å². The molecule has 0 unspecified atom stereocenters. The van der Waals surface area contributed by atoms with Crippen LogP contribution in [0.5, 0.6) is 11.5 Å². The first-order valence-electron chi connectivity index (χ1n) is 19.1. The Hall–Kier alpha value is -2.09. The third kappa shape index (κ3) is 5.09. The fraction of sp³-hybridized carbons (Fsp3) is 0.775. The molecule has 15 atom stereocenters. The number of carbonyl (C=O) groups is 1. The zero-order valence-electron chi connectivity index (χ0n) is 30.4. The molecule has 5 aliphatic carbocycles. The molecule has 51 heavy (non-hydrogen) atoms. The van der Waals surface area contributed by atoms with Crippen molar-refractivity contribution >= 4 is 5.78 Å². The molecule has 1 aliphatic heterocycles. The maximum absolute atomic E-state index is 14.6. The van der Waals surface area contributed by atoms with Crippen LogP contribution in [0.15, 0.2) is 29.8 Å². The number of allylic oxidation sites excluding steroid dienone is 1. The number of hydrogen-bond donors (Lipinski definition) is 8. The highest BCUT2D eigenvalue weighted by molar-refractivity contribution is 5.96. The van der Waals surface area contributed by atoms with E-state index in [1.165, 1.54) is 18.2 Å². The van der Waals surface area contributed by atoms with E-state index in [2.05, 4.69) is 6.92 Å². The number of aliphatic hydroxyl groups is 6. The van der Waals surface area contributed by atoms with Gasteiger partial charge < -0.3 is 50.3 Å². The van der Waals surface area contributed by atoms with E-state index >= 15 is 0 Å². The third-order valence-corrected chi connectivity index (χ3v) is 15.3. The van der Waals surface area contributed by atoms with Gasteiger partial charge in [0.05, 0.1) is 30.0 Å². The van der Waals surface area contributed by atoms with E-state index in [9.17, 15) is 45.6 Å². The van der Waals surface area contributed by atoms with Crippen molar-refractivity contribution in [3.63, 3.8) is 0 Å². The highest BCUT2D eigenvalue weighted by atomic mass is 16.6. The zero-order valence-corrected chi connectivity index (χ0v) is 30.4.